The molecule has 0 saturated heterocycles. The molecule has 17 heavy (non-hydrogen) atoms. The molecule has 5 heteroatoms. The largest absolute Gasteiger partial charge is 1.00 e. The molecule has 1 heterocycles. The van der Waals surface area contributed by atoms with E-state index in [1.807, 2.05) is 25.1 Å². The smallest absolute Gasteiger partial charge is 0.405 e. The second kappa shape index (κ2) is 5.59. The van der Waals surface area contributed by atoms with Gasteiger partial charge in [-0.15, -0.1) is 0 Å². The number of carbonyl (C=O) groups is 1. The highest BCUT2D eigenvalue weighted by Crippen LogP contribution is 2.10. The number of ether oxygens (including phenoxy) is 1. The molecule has 1 N–H and O–H groups in total. The van der Waals surface area contributed by atoms with E-state index in [0.29, 0.717) is 12.3 Å². The van der Waals surface area contributed by atoms with Crippen LogP contribution in [0, 0.1) is 6.92 Å². The van der Waals surface area contributed by atoms with E-state index in [1.165, 1.54) is 6.20 Å². The van der Waals surface area contributed by atoms with Gasteiger partial charge in [0.2, 0.25) is 5.52 Å². The van der Waals surface area contributed by atoms with Gasteiger partial charge in [-0.1, -0.05) is 12.1 Å². The van der Waals surface area contributed by atoms with Crippen LogP contribution in [-0.2, 0) is 4.74 Å². The van der Waals surface area contributed by atoms with E-state index < -0.39 is 0 Å². The number of carbonyl (C=O) groups excluding carboxylic acids is 1. The molecule has 0 radical (unpaired) electrons. The number of nitrogens with one attached hydrogen (secondary N) is 1. The van der Waals surface area contributed by atoms with E-state index in [0.717, 1.165) is 16.6 Å². The highest BCUT2D eigenvalue weighted by Gasteiger charge is 2.16. The summed E-state index contributed by atoms with van der Waals surface area (Å²) in [6, 6.07) is 5.79. The minimum atomic E-state index is -0.376. The Labute approximate surface area is 105 Å². The number of esters is 1. The molecular weight excluding hydrogens is 240 g/mol. The Hall–Kier alpha value is -1.68. The molecule has 0 unspecified atom stereocenters. The fourth-order valence-electron chi connectivity index (χ4n) is 1.55. The first-order chi connectivity index (χ1) is 7.72. The molecule has 0 saturated carbocycles. The molecule has 1 aromatic heterocycles. The van der Waals surface area contributed by atoms with Gasteiger partial charge in [0.25, 0.3) is 0 Å². The third-order valence-corrected chi connectivity index (χ3v) is 2.33. The van der Waals surface area contributed by atoms with Crippen molar-refractivity contribution < 1.29 is 26.9 Å². The monoisotopic (exact) mass is 252 g/mol. The van der Waals surface area contributed by atoms with Crippen molar-refractivity contribution in [2.75, 3.05) is 6.61 Å². The first-order valence-corrected chi connectivity index (χ1v) is 5.17. The van der Waals surface area contributed by atoms with Crippen LogP contribution in [0.4, 0.5) is 0 Å². The van der Waals surface area contributed by atoms with Gasteiger partial charge in [-0.25, -0.2) is 9.78 Å². The summed E-state index contributed by atoms with van der Waals surface area (Å²) in [5, 5.41) is 0. The molecule has 0 amide bonds. The van der Waals surface area contributed by atoms with Gasteiger partial charge in [0.05, 0.1) is 6.61 Å². The molecule has 1 aromatic carbocycles. The fraction of sp³-hybridized carbons (Fsp3) is 0.250. The van der Waals surface area contributed by atoms with E-state index in [4.69, 9.17) is 4.74 Å². The predicted octanol–water partition coefficient (Wildman–Crippen LogP) is -1.46. The van der Waals surface area contributed by atoms with Crippen LogP contribution in [0.1, 0.15) is 23.0 Å². The van der Waals surface area contributed by atoms with Gasteiger partial charge in [0.1, 0.15) is 11.7 Å². The zero-order valence-corrected chi connectivity index (χ0v) is 10.4. The molecular formula is C12H13ClN2O2. The SMILES string of the molecule is CCOC(=O)c1cnc2c(C)cccc2[nH+]1.[Cl-]. The van der Waals surface area contributed by atoms with Crippen molar-refractivity contribution in [3.63, 3.8) is 0 Å². The Morgan fingerprint density at radius 3 is 2.94 bits per heavy atom. The average molecular weight is 253 g/mol. The zero-order chi connectivity index (χ0) is 11.5. The molecule has 0 spiro atoms. The van der Waals surface area contributed by atoms with E-state index in [-0.39, 0.29) is 18.4 Å². The Kier molecular flexibility index (Phi) is 4.40. The van der Waals surface area contributed by atoms with Gasteiger partial charge in [0, 0.05) is 6.07 Å². The third kappa shape index (κ3) is 2.71. The van der Waals surface area contributed by atoms with Crippen LogP contribution >= 0.6 is 0 Å². The number of H-pyrrole nitrogens is 1. The summed E-state index contributed by atoms with van der Waals surface area (Å²) in [5.41, 5.74) is 3.16. The van der Waals surface area contributed by atoms with Gasteiger partial charge in [0.15, 0.2) is 0 Å². The summed E-state index contributed by atoms with van der Waals surface area (Å²) in [5.74, 6) is -0.376. The summed E-state index contributed by atoms with van der Waals surface area (Å²) in [6.07, 6.45) is 1.51. The van der Waals surface area contributed by atoms with Crippen LogP contribution in [0.5, 0.6) is 0 Å². The van der Waals surface area contributed by atoms with E-state index in [2.05, 4.69) is 9.97 Å². The second-order valence-corrected chi connectivity index (χ2v) is 3.49. The third-order valence-electron chi connectivity index (χ3n) is 2.33. The lowest BCUT2D eigenvalue weighted by Crippen LogP contribution is -3.00. The average Bonchev–Trinajstić information content (AvgIpc) is 2.29. The number of hydrogen-bond donors (Lipinski definition) is 0. The fourth-order valence-corrected chi connectivity index (χ4v) is 1.55. The number of halogens is 1. The number of rotatable bonds is 2. The van der Waals surface area contributed by atoms with Gasteiger partial charge in [-0.05, 0) is 19.4 Å². The van der Waals surface area contributed by atoms with E-state index in [9.17, 15) is 4.79 Å². The van der Waals surface area contributed by atoms with E-state index in [1.54, 1.807) is 6.92 Å². The predicted molar refractivity (Wildman–Crippen MR) is 59.0 cm³/mol. The van der Waals surface area contributed by atoms with Crippen molar-refractivity contribution in [3.05, 3.63) is 35.7 Å². The van der Waals surface area contributed by atoms with Crippen LogP contribution in [0.2, 0.25) is 0 Å². The number of aromatic nitrogens is 2. The molecule has 0 atom stereocenters. The van der Waals surface area contributed by atoms with Crippen LogP contribution in [0.3, 0.4) is 0 Å². The van der Waals surface area contributed by atoms with Crippen molar-refractivity contribution in [2.24, 2.45) is 0 Å². The van der Waals surface area contributed by atoms with Crippen LogP contribution < -0.4 is 17.4 Å². The maximum absolute atomic E-state index is 11.5. The number of fused-ring (bicyclic) bond motifs is 1. The molecule has 2 aromatic rings. The number of nitrogens with zero attached hydrogens (tertiary/aromatic N) is 1. The van der Waals surface area contributed by atoms with E-state index >= 15 is 0 Å². The zero-order valence-electron chi connectivity index (χ0n) is 9.66. The lowest BCUT2D eigenvalue weighted by atomic mass is 10.2. The van der Waals surface area contributed by atoms with Gasteiger partial charge >= 0.3 is 11.7 Å². The highest BCUT2D eigenvalue weighted by atomic mass is 35.5. The summed E-state index contributed by atoms with van der Waals surface area (Å²) >= 11 is 0. The minimum Gasteiger partial charge on any atom is -1.00 e. The normalized spacial score (nSPS) is 9.76. The van der Waals surface area contributed by atoms with Gasteiger partial charge < -0.3 is 17.1 Å². The topological polar surface area (TPSA) is 53.3 Å². The van der Waals surface area contributed by atoms with Crippen molar-refractivity contribution in [3.8, 4) is 0 Å². The maximum atomic E-state index is 11.5. The Balaban J connectivity index is 0.00000144. The highest BCUT2D eigenvalue weighted by molar-refractivity contribution is 5.86. The number of hydrogen-bond acceptors (Lipinski definition) is 3. The minimum absolute atomic E-state index is 0. The van der Waals surface area contributed by atoms with Gasteiger partial charge in [-0.2, -0.15) is 4.98 Å². The molecule has 90 valence electrons. The lowest BCUT2D eigenvalue weighted by Gasteiger charge is -1.98. The molecule has 0 fully saturated rings. The first-order valence-electron chi connectivity index (χ1n) is 5.17. The quantitative estimate of drug-likeness (QED) is 0.614. The van der Waals surface area contributed by atoms with Crippen LogP contribution in [0.25, 0.3) is 11.0 Å². The molecule has 0 aliphatic carbocycles. The summed E-state index contributed by atoms with van der Waals surface area (Å²) in [7, 11) is 0. The Bertz CT molecular complexity index is 543. The maximum Gasteiger partial charge on any atom is 0.405 e. The lowest BCUT2D eigenvalue weighted by molar-refractivity contribution is -0.351. The Morgan fingerprint density at radius 1 is 1.47 bits per heavy atom. The standard InChI is InChI=1S/C12H12N2O2.ClH/c1-3-16-12(15)10-7-13-11-8(2)5-4-6-9(11)14-10;/h4-7H,3H2,1-2H3;1H. The van der Waals surface area contributed by atoms with Crippen molar-refractivity contribution in [1.82, 2.24) is 4.98 Å². The molecule has 2 rings (SSSR count). The van der Waals surface area contributed by atoms with Gasteiger partial charge in [-0.3, -0.25) is 0 Å². The summed E-state index contributed by atoms with van der Waals surface area (Å²) in [6.45, 7) is 4.11. The van der Waals surface area contributed by atoms with Crippen LogP contribution in [-0.4, -0.2) is 17.6 Å². The van der Waals surface area contributed by atoms with Crippen molar-refractivity contribution in [1.29, 1.82) is 0 Å². The summed E-state index contributed by atoms with van der Waals surface area (Å²) < 4.78 is 4.90. The molecule has 0 aliphatic heterocycles. The number of aromatic amines is 1. The number of benzene rings is 1. The number of aryl methyl sites for hydroxylation is 1. The molecule has 0 bridgehead atoms. The second-order valence-electron chi connectivity index (χ2n) is 3.49. The number of para-hydroxylation sites is 1. The molecule has 4 nitrogen and oxygen atoms in total. The van der Waals surface area contributed by atoms with Crippen molar-refractivity contribution in [2.45, 2.75) is 13.8 Å². The van der Waals surface area contributed by atoms with Crippen LogP contribution in [0.15, 0.2) is 24.4 Å². The Morgan fingerprint density at radius 2 is 2.24 bits per heavy atom. The van der Waals surface area contributed by atoms with Crippen molar-refractivity contribution >= 4 is 17.0 Å². The first kappa shape index (κ1) is 13.4. The summed E-state index contributed by atoms with van der Waals surface area (Å²) in [4.78, 5) is 18.7. The molecule has 0 aliphatic rings.